The molecule has 0 radical (unpaired) electrons. The normalized spacial score (nSPS) is 33.2. The van der Waals surface area contributed by atoms with Gasteiger partial charge < -0.3 is 9.84 Å². The molecule has 7 nitrogen and oxygen atoms in total. The first-order valence-electron chi connectivity index (χ1n) is 11.5. The van der Waals surface area contributed by atoms with Crippen LogP contribution in [0.2, 0.25) is 0 Å². The smallest absolute Gasteiger partial charge is 0.203 e. The quantitative estimate of drug-likeness (QED) is 0.335. The molecule has 8 heteroatoms. The number of alkyl halides is 1. The van der Waals surface area contributed by atoms with Gasteiger partial charge in [0, 0.05) is 12.5 Å². The highest BCUT2D eigenvalue weighted by Gasteiger charge is 2.69. The van der Waals surface area contributed by atoms with Crippen LogP contribution in [0.25, 0.3) is 0 Å². The minimum atomic E-state index is -1.61. The highest BCUT2D eigenvalue weighted by molar-refractivity contribution is 6.27. The van der Waals surface area contributed by atoms with Gasteiger partial charge in [0.1, 0.15) is 11.4 Å². The van der Waals surface area contributed by atoms with Gasteiger partial charge in [0.25, 0.3) is 0 Å². The molecule has 4 atom stereocenters. The Bertz CT molecular complexity index is 1080. The lowest BCUT2D eigenvalue weighted by molar-refractivity contribution is -0.230. The van der Waals surface area contributed by atoms with Crippen molar-refractivity contribution in [2.75, 3.05) is 0 Å². The van der Waals surface area contributed by atoms with Crippen molar-refractivity contribution < 1.29 is 29.8 Å². The Morgan fingerprint density at radius 2 is 1.85 bits per heavy atom. The monoisotopic (exact) mass is 489 g/mol. The molecule has 34 heavy (non-hydrogen) atoms. The third-order valence-electron chi connectivity index (χ3n) is 7.34. The minimum absolute atomic E-state index is 0.120. The number of ether oxygens (including phenoxy) is 1. The second-order valence-corrected chi connectivity index (χ2v) is 11.1. The number of fused-ring (bicyclic) bond motifs is 1. The van der Waals surface area contributed by atoms with E-state index in [1.807, 2.05) is 26.8 Å². The average Bonchev–Trinajstić information content (AvgIpc) is 2.73. The highest BCUT2D eigenvalue weighted by atomic mass is 35.5. The number of allylic oxidation sites excluding steroid dienone is 4. The van der Waals surface area contributed by atoms with Gasteiger partial charge in [-0.1, -0.05) is 23.3 Å². The minimum Gasteiger partial charge on any atom is -0.507 e. The van der Waals surface area contributed by atoms with E-state index in [0.717, 1.165) is 24.5 Å². The second-order valence-electron chi connectivity index (χ2n) is 10.5. The molecule has 0 saturated carbocycles. The van der Waals surface area contributed by atoms with Crippen molar-refractivity contribution in [1.29, 1.82) is 0 Å². The summed E-state index contributed by atoms with van der Waals surface area (Å²) in [6, 6.07) is -1.37. The van der Waals surface area contributed by atoms with Gasteiger partial charge in [-0.05, 0) is 65.9 Å². The first kappa shape index (κ1) is 26.2. The van der Waals surface area contributed by atoms with Crippen molar-refractivity contribution in [3.63, 3.8) is 0 Å². The van der Waals surface area contributed by atoms with E-state index in [0.29, 0.717) is 0 Å². The number of hydrogen-bond acceptors (Lipinski definition) is 6. The van der Waals surface area contributed by atoms with Crippen LogP contribution in [0.5, 0.6) is 0 Å². The van der Waals surface area contributed by atoms with Gasteiger partial charge in [-0.15, -0.1) is 11.6 Å². The molecular formula is C26H34ClN2O5+. The van der Waals surface area contributed by atoms with E-state index < -0.39 is 51.1 Å². The fraction of sp³-hybridized carbons (Fsp3) is 0.577. The molecule has 1 saturated heterocycles. The number of aliphatic hydroxyl groups is 1. The molecule has 0 bridgehead atoms. The van der Waals surface area contributed by atoms with Crippen LogP contribution in [0, 0.1) is 5.41 Å². The standard InChI is InChI=1S/C26H33ClN2O5/c1-14(2)8-7-9-15(3)10-11-26-23(33)20-19(16(30)12-17(31)21(20)29-28)22(32)25(26,6)13-18(27)24(4,5)34-26/h8,10,12,18,21,28,30H,7,9,11,13H2,1-6H3/p+1/b15-10+,29-28?/t18-,21?,25-,26+/m1/s1. The second kappa shape index (κ2) is 9.00. The van der Waals surface area contributed by atoms with Crippen LogP contribution in [-0.4, -0.2) is 45.1 Å². The summed E-state index contributed by atoms with van der Waals surface area (Å²) in [7, 11) is 0. The zero-order chi connectivity index (χ0) is 25.6. The number of rotatable bonds is 6. The van der Waals surface area contributed by atoms with Gasteiger partial charge >= 0.3 is 0 Å². The summed E-state index contributed by atoms with van der Waals surface area (Å²) in [6.07, 6.45) is 6.90. The maximum atomic E-state index is 14.2. The van der Waals surface area contributed by atoms with Crippen molar-refractivity contribution in [2.24, 2.45) is 10.5 Å². The SMILES string of the molecule is CC(C)=CCC/C(C)=C/C[C@@]12OC(C)(C)[C@H](Cl)C[C@]1(C)C(=O)C1=C(C2=O)C(N=[NH2+])C(=O)C=C1O. The number of Topliss-reactive ketones (excluding diaryl/α,β-unsaturated/α-hetero) is 2. The lowest BCUT2D eigenvalue weighted by atomic mass is 9.54. The Balaban J connectivity index is 2.19. The van der Waals surface area contributed by atoms with Gasteiger partial charge in [-0.25, -0.2) is 0 Å². The summed E-state index contributed by atoms with van der Waals surface area (Å²) >= 11 is 6.65. The van der Waals surface area contributed by atoms with E-state index in [1.54, 1.807) is 20.8 Å². The van der Waals surface area contributed by atoms with Crippen LogP contribution in [0.3, 0.4) is 0 Å². The van der Waals surface area contributed by atoms with Crippen LogP contribution >= 0.6 is 11.6 Å². The summed E-state index contributed by atoms with van der Waals surface area (Å²) in [6.45, 7) is 11.3. The van der Waals surface area contributed by atoms with E-state index >= 15 is 0 Å². The van der Waals surface area contributed by atoms with Crippen molar-refractivity contribution >= 4 is 29.0 Å². The third-order valence-corrected chi connectivity index (χ3v) is 8.02. The Kier molecular flexibility index (Phi) is 6.95. The zero-order valence-electron chi connectivity index (χ0n) is 20.7. The lowest BCUT2D eigenvalue weighted by Crippen LogP contribution is -2.70. The Labute approximate surface area is 205 Å². The zero-order valence-corrected chi connectivity index (χ0v) is 21.5. The van der Waals surface area contributed by atoms with Crippen LogP contribution in [0.4, 0.5) is 0 Å². The lowest BCUT2D eigenvalue weighted by Gasteiger charge is -2.58. The average molecular weight is 490 g/mol. The first-order valence-corrected chi connectivity index (χ1v) is 12.0. The predicted molar refractivity (Wildman–Crippen MR) is 128 cm³/mol. The molecule has 0 aromatic heterocycles. The van der Waals surface area contributed by atoms with Gasteiger partial charge in [0.15, 0.2) is 17.3 Å². The van der Waals surface area contributed by atoms with Crippen molar-refractivity contribution in [2.45, 2.75) is 89.8 Å². The maximum Gasteiger partial charge on any atom is 0.203 e. The number of carbonyl (C=O) groups is 3. The molecule has 1 fully saturated rings. The van der Waals surface area contributed by atoms with E-state index in [-0.39, 0.29) is 24.0 Å². The molecule has 0 spiro atoms. The van der Waals surface area contributed by atoms with E-state index in [1.165, 1.54) is 5.57 Å². The molecular weight excluding hydrogens is 456 g/mol. The number of nitrogens with two attached hydrogens (primary N) is 1. The number of nitrogens with zero attached hydrogens (tertiary/aromatic N) is 1. The summed E-state index contributed by atoms with van der Waals surface area (Å²) in [5.41, 5.74) is 3.46. The topological polar surface area (TPSA) is 119 Å². The predicted octanol–water partition coefficient (Wildman–Crippen LogP) is 3.67. The molecule has 1 heterocycles. The number of aliphatic hydroxyl groups excluding tert-OH is 1. The van der Waals surface area contributed by atoms with Crippen LogP contribution in [0.1, 0.15) is 67.2 Å². The summed E-state index contributed by atoms with van der Waals surface area (Å²) in [4.78, 5) is 40.7. The number of hydrogen-bond donors (Lipinski definition) is 2. The van der Waals surface area contributed by atoms with E-state index in [4.69, 9.17) is 21.9 Å². The first-order chi connectivity index (χ1) is 15.7. The van der Waals surface area contributed by atoms with Gasteiger partial charge in [-0.2, -0.15) is 5.53 Å². The largest absolute Gasteiger partial charge is 0.507 e. The van der Waals surface area contributed by atoms with Crippen LogP contribution in [-0.2, 0) is 19.1 Å². The van der Waals surface area contributed by atoms with Crippen molar-refractivity contribution in [3.8, 4) is 0 Å². The summed E-state index contributed by atoms with van der Waals surface area (Å²) in [5.74, 6) is -2.25. The Morgan fingerprint density at radius 3 is 2.44 bits per heavy atom. The molecule has 3 aliphatic rings. The molecule has 184 valence electrons. The Morgan fingerprint density at radius 1 is 1.21 bits per heavy atom. The highest BCUT2D eigenvalue weighted by Crippen LogP contribution is 2.58. The summed E-state index contributed by atoms with van der Waals surface area (Å²) < 4.78 is 6.48. The molecule has 1 unspecified atom stereocenters. The molecule has 3 rings (SSSR count). The molecule has 0 aromatic rings. The molecule has 0 amide bonds. The van der Waals surface area contributed by atoms with Crippen LogP contribution in [0.15, 0.2) is 51.4 Å². The molecule has 1 aliphatic heterocycles. The van der Waals surface area contributed by atoms with Crippen molar-refractivity contribution in [1.82, 2.24) is 0 Å². The molecule has 2 aliphatic carbocycles. The van der Waals surface area contributed by atoms with Gasteiger partial charge in [0.05, 0.1) is 27.5 Å². The molecule has 3 N–H and O–H groups in total. The van der Waals surface area contributed by atoms with E-state index in [9.17, 15) is 19.5 Å². The Hall–Kier alpha value is -2.38. The van der Waals surface area contributed by atoms with Crippen molar-refractivity contribution in [3.05, 3.63) is 46.3 Å². The fourth-order valence-corrected chi connectivity index (χ4v) is 5.51. The number of ketones is 3. The van der Waals surface area contributed by atoms with Crippen LogP contribution < -0.4 is 5.53 Å². The van der Waals surface area contributed by atoms with Gasteiger partial charge in [0.2, 0.25) is 6.04 Å². The third kappa shape index (κ3) is 4.03. The number of halogens is 1. The maximum absolute atomic E-state index is 14.2. The summed E-state index contributed by atoms with van der Waals surface area (Å²) in [5, 5.41) is 13.6. The van der Waals surface area contributed by atoms with E-state index in [2.05, 4.69) is 11.2 Å². The van der Waals surface area contributed by atoms with Gasteiger partial charge in [-0.3, -0.25) is 14.4 Å². The fourth-order valence-electron chi connectivity index (χ4n) is 5.16. The molecule has 0 aromatic carbocycles. The number of carbonyl (C=O) groups excluding carboxylic acids is 3.